The van der Waals surface area contributed by atoms with E-state index in [9.17, 15) is 8.78 Å². The second kappa shape index (κ2) is 3.53. The lowest BCUT2D eigenvalue weighted by atomic mass is 10.1. The van der Waals surface area contributed by atoms with Crippen molar-refractivity contribution in [2.45, 2.75) is 13.0 Å². The summed E-state index contributed by atoms with van der Waals surface area (Å²) in [4.78, 5) is 3.53. The molecule has 6 N–H and O–H groups in total. The minimum absolute atomic E-state index is 0.0712. The number of nitrogens with two attached hydrogens (primary N) is 3. The molecule has 0 amide bonds. The second-order valence-corrected chi connectivity index (χ2v) is 2.50. The fourth-order valence-corrected chi connectivity index (χ4v) is 1.07. The standard InChI is InChI=1S/C7H10F2N4/c8-6(9)5-3(1-10)4(11)2-13-7(5)12/h2,6H,1,10-11H2,(H2,12,13). The van der Waals surface area contributed by atoms with Crippen molar-refractivity contribution in [3.8, 4) is 0 Å². The summed E-state index contributed by atoms with van der Waals surface area (Å²) in [5.41, 5.74) is 15.9. The van der Waals surface area contributed by atoms with Crippen LogP contribution in [0.1, 0.15) is 17.6 Å². The van der Waals surface area contributed by atoms with E-state index in [4.69, 9.17) is 17.2 Å². The zero-order valence-corrected chi connectivity index (χ0v) is 6.80. The van der Waals surface area contributed by atoms with Gasteiger partial charge in [-0.1, -0.05) is 0 Å². The predicted octanol–water partition coefficient (Wildman–Crippen LogP) is 0.642. The first kappa shape index (κ1) is 9.66. The molecule has 1 aromatic rings. The number of aromatic nitrogens is 1. The lowest BCUT2D eigenvalue weighted by molar-refractivity contribution is 0.151. The molecule has 4 nitrogen and oxygen atoms in total. The van der Waals surface area contributed by atoms with Gasteiger partial charge in [0.2, 0.25) is 0 Å². The van der Waals surface area contributed by atoms with Crippen LogP contribution in [0.5, 0.6) is 0 Å². The smallest absolute Gasteiger partial charge is 0.267 e. The van der Waals surface area contributed by atoms with Crippen LogP contribution in [0.25, 0.3) is 0 Å². The summed E-state index contributed by atoms with van der Waals surface area (Å²) in [6.45, 7) is -0.0712. The molecule has 1 aromatic heterocycles. The number of hydrogen-bond donors (Lipinski definition) is 3. The van der Waals surface area contributed by atoms with Crippen LogP contribution < -0.4 is 17.2 Å². The first-order valence-corrected chi connectivity index (χ1v) is 3.58. The molecule has 0 fully saturated rings. The Morgan fingerprint density at radius 2 is 2.00 bits per heavy atom. The molecule has 0 saturated heterocycles. The Hall–Kier alpha value is -1.43. The van der Waals surface area contributed by atoms with Crippen LogP contribution >= 0.6 is 0 Å². The largest absolute Gasteiger partial charge is 0.397 e. The fraction of sp³-hybridized carbons (Fsp3) is 0.286. The fourth-order valence-electron chi connectivity index (χ4n) is 1.07. The molecule has 1 rings (SSSR count). The summed E-state index contributed by atoms with van der Waals surface area (Å²) in [6.07, 6.45) is -1.47. The molecule has 0 aliphatic heterocycles. The Kier molecular flexibility index (Phi) is 2.62. The van der Waals surface area contributed by atoms with Crippen molar-refractivity contribution >= 4 is 11.5 Å². The van der Waals surface area contributed by atoms with Crippen molar-refractivity contribution in [1.29, 1.82) is 0 Å². The zero-order chi connectivity index (χ0) is 10.0. The van der Waals surface area contributed by atoms with Crippen molar-refractivity contribution in [3.63, 3.8) is 0 Å². The highest BCUT2D eigenvalue weighted by Crippen LogP contribution is 2.29. The summed E-state index contributed by atoms with van der Waals surface area (Å²) in [6, 6.07) is 0. The Morgan fingerprint density at radius 1 is 1.38 bits per heavy atom. The Labute approximate surface area is 73.7 Å². The summed E-state index contributed by atoms with van der Waals surface area (Å²) in [5, 5.41) is 0. The molecule has 6 heteroatoms. The minimum Gasteiger partial charge on any atom is -0.397 e. The van der Waals surface area contributed by atoms with Crippen molar-refractivity contribution in [2.24, 2.45) is 5.73 Å². The molecule has 0 aromatic carbocycles. The molecule has 0 radical (unpaired) electrons. The SMILES string of the molecule is NCc1c(N)cnc(N)c1C(F)F. The number of rotatable bonds is 2. The molecule has 0 unspecified atom stereocenters. The number of pyridine rings is 1. The highest BCUT2D eigenvalue weighted by Gasteiger charge is 2.18. The third-order valence-corrected chi connectivity index (χ3v) is 1.71. The third kappa shape index (κ3) is 1.67. The van der Waals surface area contributed by atoms with Crippen molar-refractivity contribution in [2.75, 3.05) is 11.5 Å². The van der Waals surface area contributed by atoms with Gasteiger partial charge in [-0.25, -0.2) is 13.8 Å². The Bertz CT molecular complexity index is 314. The number of nitrogen functional groups attached to an aromatic ring is 2. The molecule has 13 heavy (non-hydrogen) atoms. The maximum Gasteiger partial charge on any atom is 0.267 e. The molecule has 0 aliphatic rings. The van der Waals surface area contributed by atoms with Crippen LogP contribution in [0, 0.1) is 0 Å². The van der Waals surface area contributed by atoms with E-state index in [0.717, 1.165) is 0 Å². The number of alkyl halides is 2. The average Bonchev–Trinajstić information content (AvgIpc) is 2.07. The van der Waals surface area contributed by atoms with Gasteiger partial charge in [-0.15, -0.1) is 0 Å². The molecular weight excluding hydrogens is 178 g/mol. The number of halogens is 2. The lowest BCUT2D eigenvalue weighted by Crippen LogP contribution is -2.10. The van der Waals surface area contributed by atoms with E-state index in [2.05, 4.69) is 4.98 Å². The first-order chi connectivity index (χ1) is 6.07. The van der Waals surface area contributed by atoms with Crippen LogP contribution in [0.4, 0.5) is 20.3 Å². The number of nitrogens with zero attached hydrogens (tertiary/aromatic N) is 1. The predicted molar refractivity (Wildman–Crippen MR) is 45.9 cm³/mol. The first-order valence-electron chi connectivity index (χ1n) is 3.58. The van der Waals surface area contributed by atoms with Crippen molar-refractivity contribution < 1.29 is 8.78 Å². The van der Waals surface area contributed by atoms with Gasteiger partial charge < -0.3 is 17.2 Å². The van der Waals surface area contributed by atoms with Crippen LogP contribution in [0.2, 0.25) is 0 Å². The maximum atomic E-state index is 12.4. The summed E-state index contributed by atoms with van der Waals surface area (Å²) >= 11 is 0. The van der Waals surface area contributed by atoms with E-state index >= 15 is 0 Å². The van der Waals surface area contributed by atoms with Gasteiger partial charge in [0.15, 0.2) is 0 Å². The monoisotopic (exact) mass is 188 g/mol. The molecule has 0 bridgehead atoms. The Balaban J connectivity index is 3.35. The van der Waals surface area contributed by atoms with Gasteiger partial charge in [-0.2, -0.15) is 0 Å². The summed E-state index contributed by atoms with van der Waals surface area (Å²) in [5.74, 6) is -0.218. The molecule has 0 atom stereocenters. The minimum atomic E-state index is -2.70. The molecule has 0 spiro atoms. The van der Waals surface area contributed by atoms with Gasteiger partial charge in [0.1, 0.15) is 5.82 Å². The van der Waals surface area contributed by atoms with Crippen molar-refractivity contribution in [1.82, 2.24) is 4.98 Å². The maximum absolute atomic E-state index is 12.4. The van der Waals surface area contributed by atoms with Crippen LogP contribution in [0.15, 0.2) is 6.20 Å². The van der Waals surface area contributed by atoms with E-state index in [1.807, 2.05) is 0 Å². The van der Waals surface area contributed by atoms with Gasteiger partial charge in [0.25, 0.3) is 6.43 Å². The highest BCUT2D eigenvalue weighted by atomic mass is 19.3. The van der Waals surface area contributed by atoms with Crippen LogP contribution in [0.3, 0.4) is 0 Å². The van der Waals surface area contributed by atoms with Crippen LogP contribution in [-0.2, 0) is 6.54 Å². The topological polar surface area (TPSA) is 91.0 Å². The molecule has 1 heterocycles. The van der Waals surface area contributed by atoms with Gasteiger partial charge >= 0.3 is 0 Å². The van der Waals surface area contributed by atoms with Gasteiger partial charge in [0.05, 0.1) is 17.4 Å². The van der Waals surface area contributed by atoms with E-state index in [0.29, 0.717) is 0 Å². The van der Waals surface area contributed by atoms with Gasteiger partial charge in [-0.3, -0.25) is 0 Å². The lowest BCUT2D eigenvalue weighted by Gasteiger charge is -2.11. The normalized spacial score (nSPS) is 10.8. The van der Waals surface area contributed by atoms with E-state index in [-0.39, 0.29) is 29.2 Å². The van der Waals surface area contributed by atoms with E-state index in [1.54, 1.807) is 0 Å². The summed E-state index contributed by atoms with van der Waals surface area (Å²) in [7, 11) is 0. The van der Waals surface area contributed by atoms with Gasteiger partial charge in [-0.05, 0) is 0 Å². The van der Waals surface area contributed by atoms with E-state index in [1.165, 1.54) is 6.20 Å². The average molecular weight is 188 g/mol. The number of hydrogen-bond acceptors (Lipinski definition) is 4. The summed E-state index contributed by atoms with van der Waals surface area (Å²) < 4.78 is 24.8. The zero-order valence-electron chi connectivity index (χ0n) is 6.80. The molecular formula is C7H10F2N4. The van der Waals surface area contributed by atoms with Crippen LogP contribution in [-0.4, -0.2) is 4.98 Å². The van der Waals surface area contributed by atoms with Crippen molar-refractivity contribution in [3.05, 3.63) is 17.3 Å². The molecule has 0 saturated carbocycles. The second-order valence-electron chi connectivity index (χ2n) is 2.50. The molecule has 72 valence electrons. The quantitative estimate of drug-likeness (QED) is 0.635. The van der Waals surface area contributed by atoms with Gasteiger partial charge in [0, 0.05) is 12.1 Å². The Morgan fingerprint density at radius 3 is 2.38 bits per heavy atom. The number of anilines is 2. The third-order valence-electron chi connectivity index (χ3n) is 1.71. The molecule has 0 aliphatic carbocycles. The highest BCUT2D eigenvalue weighted by molar-refractivity contribution is 5.57. The van der Waals surface area contributed by atoms with E-state index < -0.39 is 6.43 Å².